The van der Waals surface area contributed by atoms with Crippen LogP contribution in [-0.4, -0.2) is 25.0 Å². The normalized spacial score (nSPS) is 33.1. The van der Waals surface area contributed by atoms with Crippen molar-refractivity contribution in [3.05, 3.63) is 0 Å². The third-order valence-corrected chi connectivity index (χ3v) is 4.40. The standard InChI is InChI=1S/C15H27N2O/c1-12-4-2-6-14(10-12)17-15(18)8-7-13-5-3-9-16-11-13/h12-14H,2-11H2,1H3,(H,17,18). The van der Waals surface area contributed by atoms with Gasteiger partial charge in [0.25, 0.3) is 0 Å². The molecule has 0 spiro atoms. The fraction of sp³-hybridized carbons (Fsp3) is 0.933. The van der Waals surface area contributed by atoms with Gasteiger partial charge in [-0.3, -0.25) is 4.79 Å². The van der Waals surface area contributed by atoms with Crippen molar-refractivity contribution < 1.29 is 4.79 Å². The molecule has 1 N–H and O–H groups in total. The van der Waals surface area contributed by atoms with E-state index in [1.165, 1.54) is 38.5 Å². The number of carbonyl (C=O) groups excluding carboxylic acids is 1. The molecule has 1 radical (unpaired) electrons. The van der Waals surface area contributed by atoms with Crippen LogP contribution in [0.15, 0.2) is 0 Å². The Hall–Kier alpha value is -0.570. The lowest BCUT2D eigenvalue weighted by Crippen LogP contribution is -2.38. The summed E-state index contributed by atoms with van der Waals surface area (Å²) in [6.45, 7) is 4.30. The largest absolute Gasteiger partial charge is 0.353 e. The predicted octanol–water partition coefficient (Wildman–Crippen LogP) is 2.48. The summed E-state index contributed by atoms with van der Waals surface area (Å²) in [4.78, 5) is 11.9. The van der Waals surface area contributed by atoms with Crippen LogP contribution >= 0.6 is 0 Å². The average molecular weight is 251 g/mol. The Kier molecular flexibility index (Phi) is 5.48. The summed E-state index contributed by atoms with van der Waals surface area (Å²) in [5.74, 6) is 1.70. The van der Waals surface area contributed by atoms with Crippen LogP contribution in [0.25, 0.3) is 0 Å². The number of rotatable bonds is 4. The molecule has 0 aromatic carbocycles. The van der Waals surface area contributed by atoms with Crippen LogP contribution in [-0.2, 0) is 4.79 Å². The molecular formula is C15H27N2O. The van der Waals surface area contributed by atoms with Crippen molar-refractivity contribution >= 4 is 5.91 Å². The van der Waals surface area contributed by atoms with Gasteiger partial charge in [0.05, 0.1) is 0 Å². The van der Waals surface area contributed by atoms with E-state index in [4.69, 9.17) is 0 Å². The lowest BCUT2D eigenvalue weighted by atomic mass is 9.87. The van der Waals surface area contributed by atoms with Gasteiger partial charge in [0, 0.05) is 25.6 Å². The summed E-state index contributed by atoms with van der Waals surface area (Å²) in [6.07, 6.45) is 9.15. The van der Waals surface area contributed by atoms with Crippen LogP contribution in [0.4, 0.5) is 0 Å². The lowest BCUT2D eigenvalue weighted by molar-refractivity contribution is -0.122. The van der Waals surface area contributed by atoms with Gasteiger partial charge in [-0.05, 0) is 43.9 Å². The van der Waals surface area contributed by atoms with Crippen molar-refractivity contribution in [1.29, 1.82) is 0 Å². The molecule has 3 unspecified atom stereocenters. The van der Waals surface area contributed by atoms with Crippen LogP contribution < -0.4 is 10.6 Å². The van der Waals surface area contributed by atoms with Gasteiger partial charge < -0.3 is 5.32 Å². The second-order valence-electron chi connectivity index (χ2n) is 6.21. The molecule has 1 amide bonds. The SMILES string of the molecule is CC1CCCC(NC(=O)CCC2CCC[N]C2)C1. The molecule has 3 atom stereocenters. The van der Waals surface area contributed by atoms with Crippen LogP contribution in [0.2, 0.25) is 0 Å². The maximum Gasteiger partial charge on any atom is 0.220 e. The number of piperidine rings is 1. The van der Waals surface area contributed by atoms with Gasteiger partial charge in [-0.2, -0.15) is 0 Å². The molecule has 0 aromatic rings. The highest BCUT2D eigenvalue weighted by Gasteiger charge is 2.21. The van der Waals surface area contributed by atoms with Crippen LogP contribution in [0, 0.1) is 11.8 Å². The van der Waals surface area contributed by atoms with Gasteiger partial charge in [-0.25, -0.2) is 5.32 Å². The van der Waals surface area contributed by atoms with Gasteiger partial charge in [-0.1, -0.05) is 19.8 Å². The van der Waals surface area contributed by atoms with Gasteiger partial charge >= 0.3 is 0 Å². The topological polar surface area (TPSA) is 43.2 Å². The van der Waals surface area contributed by atoms with Gasteiger partial charge in [-0.15, -0.1) is 0 Å². The van der Waals surface area contributed by atoms with E-state index in [1.54, 1.807) is 0 Å². The molecule has 2 rings (SSSR count). The summed E-state index contributed by atoms with van der Waals surface area (Å²) in [7, 11) is 0. The molecule has 1 saturated heterocycles. The number of nitrogens with zero attached hydrogens (tertiary/aromatic N) is 1. The van der Waals surface area contributed by atoms with E-state index in [-0.39, 0.29) is 5.91 Å². The quantitative estimate of drug-likeness (QED) is 0.819. The Morgan fingerprint density at radius 2 is 2.17 bits per heavy atom. The molecule has 103 valence electrons. The first-order chi connectivity index (χ1) is 8.74. The number of carbonyl (C=O) groups is 1. The molecule has 2 fully saturated rings. The molecule has 1 aliphatic heterocycles. The second-order valence-corrected chi connectivity index (χ2v) is 6.21. The van der Waals surface area contributed by atoms with E-state index >= 15 is 0 Å². The van der Waals surface area contributed by atoms with Crippen LogP contribution in [0.5, 0.6) is 0 Å². The van der Waals surface area contributed by atoms with E-state index < -0.39 is 0 Å². The zero-order valence-electron chi connectivity index (χ0n) is 11.7. The Morgan fingerprint density at radius 3 is 2.89 bits per heavy atom. The Morgan fingerprint density at radius 1 is 1.28 bits per heavy atom. The number of nitrogens with one attached hydrogen (secondary N) is 1. The lowest BCUT2D eigenvalue weighted by Gasteiger charge is -2.28. The van der Waals surface area contributed by atoms with Crippen molar-refractivity contribution in [3.8, 4) is 0 Å². The molecule has 18 heavy (non-hydrogen) atoms. The maximum atomic E-state index is 11.9. The minimum atomic E-state index is 0.264. The molecular weight excluding hydrogens is 224 g/mol. The van der Waals surface area contributed by atoms with Crippen molar-refractivity contribution in [2.75, 3.05) is 13.1 Å². The molecule has 3 nitrogen and oxygen atoms in total. The van der Waals surface area contributed by atoms with E-state index in [0.29, 0.717) is 18.4 Å². The predicted molar refractivity (Wildman–Crippen MR) is 73.4 cm³/mol. The zero-order chi connectivity index (χ0) is 12.8. The van der Waals surface area contributed by atoms with Crippen molar-refractivity contribution in [2.24, 2.45) is 11.8 Å². The fourth-order valence-corrected chi connectivity index (χ4v) is 3.29. The number of hydrogen-bond donors (Lipinski definition) is 1. The molecule has 1 aliphatic carbocycles. The van der Waals surface area contributed by atoms with E-state index in [9.17, 15) is 4.79 Å². The summed E-state index contributed by atoms with van der Waals surface area (Å²) in [5.41, 5.74) is 0. The average Bonchev–Trinajstić information content (AvgIpc) is 2.38. The third-order valence-electron chi connectivity index (χ3n) is 4.40. The highest BCUT2D eigenvalue weighted by atomic mass is 16.1. The van der Waals surface area contributed by atoms with Crippen LogP contribution in [0.1, 0.15) is 58.3 Å². The van der Waals surface area contributed by atoms with Gasteiger partial charge in [0.1, 0.15) is 0 Å². The smallest absolute Gasteiger partial charge is 0.220 e. The highest BCUT2D eigenvalue weighted by molar-refractivity contribution is 5.76. The van der Waals surface area contributed by atoms with Crippen molar-refractivity contribution in [2.45, 2.75) is 64.3 Å². The Balaban J connectivity index is 1.62. The van der Waals surface area contributed by atoms with E-state index in [0.717, 1.165) is 25.4 Å². The van der Waals surface area contributed by atoms with Gasteiger partial charge in [0.15, 0.2) is 0 Å². The first-order valence-corrected chi connectivity index (χ1v) is 7.66. The number of hydrogen-bond acceptors (Lipinski definition) is 1. The molecule has 1 saturated carbocycles. The third kappa shape index (κ3) is 4.60. The van der Waals surface area contributed by atoms with Crippen molar-refractivity contribution in [3.63, 3.8) is 0 Å². The van der Waals surface area contributed by atoms with E-state index in [2.05, 4.69) is 17.6 Å². The zero-order valence-corrected chi connectivity index (χ0v) is 11.7. The molecule has 0 aromatic heterocycles. The highest BCUT2D eigenvalue weighted by Crippen LogP contribution is 2.23. The fourth-order valence-electron chi connectivity index (χ4n) is 3.29. The first-order valence-electron chi connectivity index (χ1n) is 7.66. The molecule has 1 heterocycles. The molecule has 3 heteroatoms. The summed E-state index contributed by atoms with van der Waals surface area (Å²) < 4.78 is 0. The molecule has 2 aliphatic rings. The second kappa shape index (κ2) is 7.13. The minimum absolute atomic E-state index is 0.264. The van der Waals surface area contributed by atoms with Gasteiger partial charge in [0.2, 0.25) is 5.91 Å². The van der Waals surface area contributed by atoms with Crippen molar-refractivity contribution in [1.82, 2.24) is 10.6 Å². The monoisotopic (exact) mass is 251 g/mol. The summed E-state index contributed by atoms with van der Waals surface area (Å²) in [5, 5.41) is 7.65. The van der Waals surface area contributed by atoms with Crippen LogP contribution in [0.3, 0.4) is 0 Å². The summed E-state index contributed by atoms with van der Waals surface area (Å²) in [6, 6.07) is 0.442. The summed E-state index contributed by atoms with van der Waals surface area (Å²) >= 11 is 0. The minimum Gasteiger partial charge on any atom is -0.353 e. The maximum absolute atomic E-state index is 11.9. The van der Waals surface area contributed by atoms with E-state index in [1.807, 2.05) is 0 Å². The Labute approximate surface area is 111 Å². The Bertz CT molecular complexity index is 261. The number of amides is 1. The first kappa shape index (κ1) is 13.9. The molecule has 0 bridgehead atoms.